The fraction of sp³-hybridized carbons (Fsp3) is 0.417. The normalized spacial score (nSPS) is 15.8. The Morgan fingerprint density at radius 2 is 2.12 bits per heavy atom. The molecular weight excluding hydrogens is 220 g/mol. The Balaban J connectivity index is 2.18. The molecule has 17 heavy (non-hydrogen) atoms. The number of benzene rings is 1. The molecule has 0 aromatic heterocycles. The van der Waals surface area contributed by atoms with Crippen molar-refractivity contribution < 1.29 is 20.0 Å². The lowest BCUT2D eigenvalue weighted by molar-refractivity contribution is -0.256. The summed E-state index contributed by atoms with van der Waals surface area (Å²) in [5, 5.41) is 0. The minimum absolute atomic E-state index is 0.0200. The van der Waals surface area contributed by atoms with Crippen LogP contribution in [-0.2, 0) is 4.74 Å². The van der Waals surface area contributed by atoms with Crippen LogP contribution >= 0.6 is 0 Å². The van der Waals surface area contributed by atoms with Crippen molar-refractivity contribution in [3.8, 4) is 5.75 Å². The highest BCUT2D eigenvalue weighted by Crippen LogP contribution is 2.21. The molecule has 1 amide bonds. The first-order chi connectivity index (χ1) is 8.22. The number of morpholine rings is 1. The van der Waals surface area contributed by atoms with Gasteiger partial charge in [0, 0.05) is 24.7 Å². The molecule has 1 aromatic carbocycles. The Labute approximate surface area is 100 Å². The Kier molecular flexibility index (Phi) is 3.61. The Hall–Kier alpha value is -1.59. The van der Waals surface area contributed by atoms with E-state index in [9.17, 15) is 4.79 Å². The van der Waals surface area contributed by atoms with Crippen LogP contribution in [0.5, 0.6) is 5.75 Å². The van der Waals surface area contributed by atoms with E-state index in [-0.39, 0.29) is 5.91 Å². The van der Waals surface area contributed by atoms with Crippen molar-refractivity contribution >= 4 is 11.6 Å². The van der Waals surface area contributed by atoms with Crippen LogP contribution < -0.4 is 10.5 Å². The lowest BCUT2D eigenvalue weighted by Crippen LogP contribution is -2.42. The molecule has 0 radical (unpaired) electrons. The molecule has 0 spiro atoms. The second kappa shape index (κ2) is 5.16. The number of methoxy groups -OCH3 is 1. The van der Waals surface area contributed by atoms with Crippen LogP contribution in [0.1, 0.15) is 10.4 Å². The summed E-state index contributed by atoms with van der Waals surface area (Å²) in [6, 6.07) is 5.31. The van der Waals surface area contributed by atoms with Crippen LogP contribution in [0.15, 0.2) is 18.2 Å². The summed E-state index contributed by atoms with van der Waals surface area (Å²) >= 11 is 0. The number of rotatable bonds is 2. The number of carbonyl (C=O) groups excluding carboxylic acids is 1. The average Bonchev–Trinajstić information content (AvgIpc) is 2.39. The highest BCUT2D eigenvalue weighted by atomic mass is 16.5. The third kappa shape index (κ3) is 2.57. The van der Waals surface area contributed by atoms with Gasteiger partial charge in [-0.15, -0.1) is 0 Å². The van der Waals surface area contributed by atoms with Crippen LogP contribution in [0, 0.1) is 0 Å². The molecule has 2 rings (SSSR count). The number of ether oxygens (including phenoxy) is 2. The van der Waals surface area contributed by atoms with Crippen molar-refractivity contribution in [1.29, 1.82) is 0 Å². The molecular formula is C12H17N2O3+. The van der Waals surface area contributed by atoms with E-state index in [1.165, 1.54) is 0 Å². The van der Waals surface area contributed by atoms with Gasteiger partial charge in [-0.1, -0.05) is 0 Å². The SMILES string of the molecule is COc1cc(C(=O)N2CCOCC2)ccc1[NH3+]. The zero-order chi connectivity index (χ0) is 12.3. The third-order valence-corrected chi connectivity index (χ3v) is 2.83. The van der Waals surface area contributed by atoms with E-state index < -0.39 is 0 Å². The van der Waals surface area contributed by atoms with Gasteiger partial charge in [-0.05, 0) is 12.1 Å². The molecule has 1 saturated heterocycles. The molecule has 0 aliphatic carbocycles. The fourth-order valence-corrected chi connectivity index (χ4v) is 1.83. The third-order valence-electron chi connectivity index (χ3n) is 2.83. The number of carbonyl (C=O) groups is 1. The molecule has 5 nitrogen and oxygen atoms in total. The quantitative estimate of drug-likeness (QED) is 0.789. The largest absolute Gasteiger partial charge is 0.491 e. The standard InChI is InChI=1S/C12H16N2O3/c1-16-11-8-9(2-3-10(11)13)12(15)14-4-6-17-7-5-14/h2-3,8H,4-7,13H2,1H3/p+1. The molecule has 92 valence electrons. The van der Waals surface area contributed by atoms with Gasteiger partial charge in [-0.2, -0.15) is 0 Å². The van der Waals surface area contributed by atoms with E-state index in [0.717, 1.165) is 5.69 Å². The van der Waals surface area contributed by atoms with Crippen LogP contribution in [0.4, 0.5) is 5.69 Å². The van der Waals surface area contributed by atoms with Crippen LogP contribution in [0.2, 0.25) is 0 Å². The van der Waals surface area contributed by atoms with E-state index in [0.29, 0.717) is 37.6 Å². The maximum Gasteiger partial charge on any atom is 0.254 e. The average molecular weight is 237 g/mol. The van der Waals surface area contributed by atoms with Crippen molar-refractivity contribution in [1.82, 2.24) is 4.90 Å². The first kappa shape index (κ1) is 11.9. The maximum absolute atomic E-state index is 12.2. The zero-order valence-electron chi connectivity index (χ0n) is 9.94. The maximum atomic E-state index is 12.2. The summed E-state index contributed by atoms with van der Waals surface area (Å²) in [5.41, 5.74) is 5.25. The number of amides is 1. The van der Waals surface area contributed by atoms with Crippen LogP contribution in [0.3, 0.4) is 0 Å². The lowest BCUT2D eigenvalue weighted by Gasteiger charge is -2.26. The molecule has 0 atom stereocenters. The predicted octanol–water partition coefficient (Wildman–Crippen LogP) is 0.0410. The molecule has 0 bridgehead atoms. The Morgan fingerprint density at radius 1 is 1.41 bits per heavy atom. The summed E-state index contributed by atoms with van der Waals surface area (Å²) in [6.45, 7) is 2.51. The minimum Gasteiger partial charge on any atom is -0.491 e. The van der Waals surface area contributed by atoms with Crippen molar-refractivity contribution in [3.05, 3.63) is 23.8 Å². The zero-order valence-corrected chi connectivity index (χ0v) is 9.94. The van der Waals surface area contributed by atoms with Gasteiger partial charge in [0.1, 0.15) is 0 Å². The molecule has 5 heteroatoms. The van der Waals surface area contributed by atoms with Crippen LogP contribution in [-0.4, -0.2) is 44.2 Å². The first-order valence-corrected chi connectivity index (χ1v) is 5.59. The molecule has 1 fully saturated rings. The summed E-state index contributed by atoms with van der Waals surface area (Å²) in [6.07, 6.45) is 0. The van der Waals surface area contributed by atoms with Crippen molar-refractivity contribution in [2.75, 3.05) is 33.4 Å². The van der Waals surface area contributed by atoms with Gasteiger partial charge in [-0.3, -0.25) is 4.79 Å². The second-order valence-electron chi connectivity index (χ2n) is 3.93. The van der Waals surface area contributed by atoms with E-state index >= 15 is 0 Å². The molecule has 3 N–H and O–H groups in total. The van der Waals surface area contributed by atoms with E-state index in [1.807, 2.05) is 0 Å². The molecule has 1 aliphatic rings. The highest BCUT2D eigenvalue weighted by molar-refractivity contribution is 5.95. The smallest absolute Gasteiger partial charge is 0.254 e. The van der Waals surface area contributed by atoms with Gasteiger partial charge in [0.15, 0.2) is 11.4 Å². The van der Waals surface area contributed by atoms with Gasteiger partial charge < -0.3 is 20.1 Å². The van der Waals surface area contributed by atoms with Crippen molar-refractivity contribution in [2.24, 2.45) is 0 Å². The molecule has 1 aliphatic heterocycles. The van der Waals surface area contributed by atoms with Crippen molar-refractivity contribution in [2.45, 2.75) is 0 Å². The second-order valence-corrected chi connectivity index (χ2v) is 3.93. The topological polar surface area (TPSA) is 66.4 Å². The molecule has 0 saturated carbocycles. The fourth-order valence-electron chi connectivity index (χ4n) is 1.83. The number of nitrogens with zero attached hydrogens (tertiary/aromatic N) is 1. The lowest BCUT2D eigenvalue weighted by atomic mass is 10.1. The summed E-state index contributed by atoms with van der Waals surface area (Å²) in [7, 11) is 1.58. The van der Waals surface area contributed by atoms with Crippen LogP contribution in [0.25, 0.3) is 0 Å². The van der Waals surface area contributed by atoms with Gasteiger partial charge in [0.05, 0.1) is 20.3 Å². The van der Waals surface area contributed by atoms with Crippen molar-refractivity contribution in [3.63, 3.8) is 0 Å². The van der Waals surface area contributed by atoms with E-state index in [4.69, 9.17) is 9.47 Å². The highest BCUT2D eigenvalue weighted by Gasteiger charge is 2.19. The minimum atomic E-state index is 0.0200. The number of hydrogen-bond donors (Lipinski definition) is 1. The summed E-state index contributed by atoms with van der Waals surface area (Å²) < 4.78 is 10.4. The molecule has 0 unspecified atom stereocenters. The van der Waals surface area contributed by atoms with E-state index in [2.05, 4.69) is 5.73 Å². The summed E-state index contributed by atoms with van der Waals surface area (Å²) in [4.78, 5) is 14.0. The molecule has 1 heterocycles. The Morgan fingerprint density at radius 3 is 2.76 bits per heavy atom. The predicted molar refractivity (Wildman–Crippen MR) is 62.3 cm³/mol. The van der Waals surface area contributed by atoms with Gasteiger partial charge >= 0.3 is 0 Å². The first-order valence-electron chi connectivity index (χ1n) is 5.59. The van der Waals surface area contributed by atoms with Gasteiger partial charge in [0.25, 0.3) is 5.91 Å². The Bertz CT molecular complexity index is 414. The van der Waals surface area contributed by atoms with Gasteiger partial charge in [0.2, 0.25) is 0 Å². The van der Waals surface area contributed by atoms with E-state index in [1.54, 1.807) is 30.2 Å². The monoisotopic (exact) mass is 237 g/mol. The number of quaternary nitrogens is 1. The summed E-state index contributed by atoms with van der Waals surface area (Å²) in [5.74, 6) is 0.663. The van der Waals surface area contributed by atoms with Gasteiger partial charge in [-0.25, -0.2) is 0 Å². The number of hydrogen-bond acceptors (Lipinski definition) is 3. The molecule has 1 aromatic rings.